The van der Waals surface area contributed by atoms with Crippen LogP contribution >= 0.6 is 0 Å². The molecule has 1 aromatic heterocycles. The molecular formula is C9H14N4O2. The first-order chi connectivity index (χ1) is 7.15. The molecule has 1 saturated heterocycles. The Morgan fingerprint density at radius 2 is 2.53 bits per heavy atom. The molecule has 0 aromatic carbocycles. The van der Waals surface area contributed by atoms with Gasteiger partial charge in [0.05, 0.1) is 12.1 Å². The van der Waals surface area contributed by atoms with Crippen LogP contribution in [0.3, 0.4) is 0 Å². The normalized spacial score (nSPS) is 25.5. The molecule has 1 fully saturated rings. The molecule has 0 aliphatic carbocycles. The summed E-state index contributed by atoms with van der Waals surface area (Å²) in [5.74, 6) is 0.360. The fourth-order valence-electron chi connectivity index (χ4n) is 1.61. The number of amides is 1. The number of β-amino-alcohol motifs (C(OH)–C–C–N with tert-alkyl or cyclic N) is 1. The molecule has 0 radical (unpaired) electrons. The number of carbonyl (C=O) groups is 1. The minimum absolute atomic E-state index is 0.155. The van der Waals surface area contributed by atoms with Crippen molar-refractivity contribution < 1.29 is 9.90 Å². The van der Waals surface area contributed by atoms with Crippen LogP contribution in [0.25, 0.3) is 0 Å². The molecule has 2 unspecified atom stereocenters. The second kappa shape index (κ2) is 4.00. The Morgan fingerprint density at radius 1 is 1.73 bits per heavy atom. The van der Waals surface area contributed by atoms with Crippen molar-refractivity contribution in [2.75, 3.05) is 11.9 Å². The number of aromatic amines is 1. The van der Waals surface area contributed by atoms with Gasteiger partial charge in [-0.15, -0.1) is 0 Å². The van der Waals surface area contributed by atoms with Crippen molar-refractivity contribution in [3.05, 3.63) is 11.8 Å². The number of carbonyl (C=O) groups excluding carboxylic acids is 1. The summed E-state index contributed by atoms with van der Waals surface area (Å²) >= 11 is 0. The fraction of sp³-hybridized carbons (Fsp3) is 0.556. The average Bonchev–Trinajstić information content (AvgIpc) is 2.75. The lowest BCUT2D eigenvalue weighted by Gasteiger charge is -2.08. The van der Waals surface area contributed by atoms with Gasteiger partial charge in [-0.25, -0.2) is 0 Å². The molecule has 2 heterocycles. The number of rotatable bonds is 2. The van der Waals surface area contributed by atoms with E-state index in [1.54, 1.807) is 6.07 Å². The molecule has 2 rings (SSSR count). The molecule has 1 amide bonds. The van der Waals surface area contributed by atoms with Gasteiger partial charge < -0.3 is 15.7 Å². The molecule has 4 N–H and O–H groups in total. The highest BCUT2D eigenvalue weighted by Crippen LogP contribution is 2.10. The molecule has 1 aliphatic rings. The molecule has 6 nitrogen and oxygen atoms in total. The number of aliphatic hydroxyl groups excluding tert-OH is 1. The molecule has 1 aliphatic heterocycles. The third-order valence-corrected chi connectivity index (χ3v) is 2.38. The summed E-state index contributed by atoms with van der Waals surface area (Å²) in [6, 6.07) is 1.43. The standard InChI is InChI=1S/C9H14N4O2/c1-5-2-8(13-12-5)11-9(15)7-3-6(14)4-10-7/h2,6-7,10,14H,3-4H2,1H3,(H2,11,12,13,15). The van der Waals surface area contributed by atoms with Crippen molar-refractivity contribution >= 4 is 11.7 Å². The fourth-order valence-corrected chi connectivity index (χ4v) is 1.61. The van der Waals surface area contributed by atoms with Crippen LogP contribution < -0.4 is 10.6 Å². The zero-order valence-corrected chi connectivity index (χ0v) is 8.45. The Kier molecular flexibility index (Phi) is 2.70. The highest BCUT2D eigenvalue weighted by molar-refractivity contribution is 5.94. The monoisotopic (exact) mass is 210 g/mol. The molecule has 0 bridgehead atoms. The minimum Gasteiger partial charge on any atom is -0.392 e. The van der Waals surface area contributed by atoms with Gasteiger partial charge in [-0.1, -0.05) is 0 Å². The van der Waals surface area contributed by atoms with Crippen LogP contribution in [0, 0.1) is 6.92 Å². The Labute approximate surface area is 87.1 Å². The van der Waals surface area contributed by atoms with Gasteiger partial charge in [-0.2, -0.15) is 5.10 Å². The molecule has 1 aromatic rings. The quantitative estimate of drug-likeness (QED) is 0.523. The number of aliphatic hydroxyl groups is 1. The number of aryl methyl sites for hydroxylation is 1. The number of hydrogen-bond donors (Lipinski definition) is 4. The number of H-pyrrole nitrogens is 1. The SMILES string of the molecule is Cc1cc(NC(=O)C2CC(O)CN2)n[nH]1. The zero-order chi connectivity index (χ0) is 10.8. The summed E-state index contributed by atoms with van der Waals surface area (Å²) in [4.78, 5) is 11.6. The second-order valence-corrected chi connectivity index (χ2v) is 3.78. The number of aromatic nitrogens is 2. The largest absolute Gasteiger partial charge is 0.392 e. The maximum absolute atomic E-state index is 11.6. The third-order valence-electron chi connectivity index (χ3n) is 2.38. The second-order valence-electron chi connectivity index (χ2n) is 3.78. The van der Waals surface area contributed by atoms with E-state index >= 15 is 0 Å². The van der Waals surface area contributed by atoms with Crippen LogP contribution in [0.2, 0.25) is 0 Å². The average molecular weight is 210 g/mol. The van der Waals surface area contributed by atoms with Crippen molar-refractivity contribution in [1.82, 2.24) is 15.5 Å². The smallest absolute Gasteiger partial charge is 0.242 e. The highest BCUT2D eigenvalue weighted by atomic mass is 16.3. The molecule has 82 valence electrons. The maximum atomic E-state index is 11.6. The Bertz CT molecular complexity index is 363. The van der Waals surface area contributed by atoms with Crippen molar-refractivity contribution in [3.8, 4) is 0 Å². The lowest BCUT2D eigenvalue weighted by atomic mass is 10.2. The van der Waals surface area contributed by atoms with E-state index in [0.717, 1.165) is 5.69 Å². The van der Waals surface area contributed by atoms with Crippen molar-refractivity contribution in [1.29, 1.82) is 0 Å². The highest BCUT2D eigenvalue weighted by Gasteiger charge is 2.28. The number of nitrogens with one attached hydrogen (secondary N) is 3. The van der Waals surface area contributed by atoms with Crippen molar-refractivity contribution in [2.24, 2.45) is 0 Å². The van der Waals surface area contributed by atoms with Gasteiger partial charge in [0.15, 0.2) is 5.82 Å². The van der Waals surface area contributed by atoms with Gasteiger partial charge in [-0.3, -0.25) is 9.89 Å². The van der Waals surface area contributed by atoms with E-state index in [2.05, 4.69) is 20.8 Å². The van der Waals surface area contributed by atoms with Crippen LogP contribution in [-0.2, 0) is 4.79 Å². The first-order valence-electron chi connectivity index (χ1n) is 4.89. The van der Waals surface area contributed by atoms with Gasteiger partial charge in [-0.05, 0) is 13.3 Å². The van der Waals surface area contributed by atoms with E-state index < -0.39 is 6.10 Å². The Morgan fingerprint density at radius 3 is 3.07 bits per heavy atom. The molecule has 2 atom stereocenters. The number of hydrogen-bond acceptors (Lipinski definition) is 4. The van der Waals surface area contributed by atoms with Gasteiger partial charge in [0.25, 0.3) is 0 Å². The summed E-state index contributed by atoms with van der Waals surface area (Å²) in [7, 11) is 0. The first-order valence-corrected chi connectivity index (χ1v) is 4.89. The van der Waals surface area contributed by atoms with Gasteiger partial charge in [0, 0.05) is 18.3 Å². The topological polar surface area (TPSA) is 90.0 Å². The van der Waals surface area contributed by atoms with E-state index in [-0.39, 0.29) is 11.9 Å². The Balaban J connectivity index is 1.92. The molecule has 6 heteroatoms. The molecule has 0 saturated carbocycles. The van der Waals surface area contributed by atoms with Gasteiger partial charge in [0.2, 0.25) is 5.91 Å². The van der Waals surface area contributed by atoms with Crippen molar-refractivity contribution in [3.63, 3.8) is 0 Å². The number of nitrogens with zero attached hydrogens (tertiary/aromatic N) is 1. The molecule has 15 heavy (non-hydrogen) atoms. The zero-order valence-electron chi connectivity index (χ0n) is 8.45. The lowest BCUT2D eigenvalue weighted by molar-refractivity contribution is -0.118. The molecule has 0 spiro atoms. The van der Waals surface area contributed by atoms with Crippen LogP contribution in [0.4, 0.5) is 5.82 Å². The van der Waals surface area contributed by atoms with Crippen LogP contribution in [0.1, 0.15) is 12.1 Å². The maximum Gasteiger partial charge on any atom is 0.242 e. The predicted molar refractivity (Wildman–Crippen MR) is 54.4 cm³/mol. The van der Waals surface area contributed by atoms with Crippen LogP contribution in [0.5, 0.6) is 0 Å². The van der Waals surface area contributed by atoms with E-state index in [4.69, 9.17) is 0 Å². The summed E-state index contributed by atoms with van der Waals surface area (Å²) in [6.45, 7) is 2.33. The first kappa shape index (κ1) is 10.1. The predicted octanol–water partition coefficient (Wildman–Crippen LogP) is -0.621. The number of anilines is 1. The lowest BCUT2D eigenvalue weighted by Crippen LogP contribution is -2.35. The van der Waals surface area contributed by atoms with E-state index in [0.29, 0.717) is 18.8 Å². The summed E-state index contributed by atoms with van der Waals surface area (Å²) in [5.41, 5.74) is 0.893. The van der Waals surface area contributed by atoms with Crippen LogP contribution in [-0.4, -0.2) is 39.9 Å². The van der Waals surface area contributed by atoms with Gasteiger partial charge >= 0.3 is 0 Å². The summed E-state index contributed by atoms with van der Waals surface area (Å²) in [5, 5.41) is 21.5. The summed E-state index contributed by atoms with van der Waals surface area (Å²) in [6.07, 6.45) is 0.0246. The van der Waals surface area contributed by atoms with E-state index in [1.165, 1.54) is 0 Å². The molecular weight excluding hydrogens is 196 g/mol. The van der Waals surface area contributed by atoms with E-state index in [9.17, 15) is 9.90 Å². The van der Waals surface area contributed by atoms with E-state index in [1.807, 2.05) is 6.92 Å². The summed E-state index contributed by atoms with van der Waals surface area (Å²) < 4.78 is 0. The minimum atomic E-state index is -0.429. The van der Waals surface area contributed by atoms with Crippen molar-refractivity contribution in [2.45, 2.75) is 25.5 Å². The third kappa shape index (κ3) is 2.34. The van der Waals surface area contributed by atoms with Gasteiger partial charge in [0.1, 0.15) is 0 Å². The Hall–Kier alpha value is -1.40. The van der Waals surface area contributed by atoms with Crippen LogP contribution in [0.15, 0.2) is 6.07 Å².